The molecule has 0 spiro atoms. The van der Waals surface area contributed by atoms with Gasteiger partial charge in [-0.15, -0.1) is 0 Å². The molecule has 2 heterocycles. The number of amidine groups is 2. The number of aryl methyl sites for hydroxylation is 1. The van der Waals surface area contributed by atoms with Crippen molar-refractivity contribution in [2.75, 3.05) is 6.61 Å². The van der Waals surface area contributed by atoms with E-state index in [0.717, 1.165) is 20.3 Å². The Kier molecular flexibility index (Phi) is 7.87. The van der Waals surface area contributed by atoms with Gasteiger partial charge in [0.1, 0.15) is 11.7 Å². The van der Waals surface area contributed by atoms with Crippen molar-refractivity contribution < 1.29 is 14.3 Å². The average Bonchev–Trinajstić information content (AvgIpc) is 3.31. The van der Waals surface area contributed by atoms with Gasteiger partial charge in [-0.1, -0.05) is 54.1 Å². The zero-order valence-corrected chi connectivity index (χ0v) is 24.2. The van der Waals surface area contributed by atoms with Gasteiger partial charge >= 0.3 is 0 Å². The highest BCUT2D eigenvalue weighted by atomic mass is 127. The highest BCUT2D eigenvalue weighted by Crippen LogP contribution is 2.37. The van der Waals surface area contributed by atoms with Crippen LogP contribution in [0.2, 0.25) is 5.02 Å². The molecule has 1 amide bonds. The first-order valence-corrected chi connectivity index (χ1v) is 14.0. The second-order valence-electron chi connectivity index (χ2n) is 8.38. The van der Waals surface area contributed by atoms with Gasteiger partial charge in [-0.05, 0) is 89.2 Å². The summed E-state index contributed by atoms with van der Waals surface area (Å²) in [6.45, 7) is 4.80. The fourth-order valence-electron chi connectivity index (χ4n) is 3.90. The van der Waals surface area contributed by atoms with Crippen LogP contribution in [-0.4, -0.2) is 33.6 Å². The van der Waals surface area contributed by atoms with Gasteiger partial charge in [-0.2, -0.15) is 15.1 Å². The molecule has 0 saturated carbocycles. The minimum absolute atomic E-state index is 0.0533. The van der Waals surface area contributed by atoms with Crippen molar-refractivity contribution in [3.63, 3.8) is 0 Å². The molecule has 0 saturated heterocycles. The van der Waals surface area contributed by atoms with E-state index in [1.807, 2.05) is 68.4 Å². The second kappa shape index (κ2) is 11.3. The molecule has 38 heavy (non-hydrogen) atoms. The summed E-state index contributed by atoms with van der Waals surface area (Å²) in [6.07, 6.45) is 1.63. The summed E-state index contributed by atoms with van der Waals surface area (Å²) in [7, 11) is 0. The Hall–Kier alpha value is -3.15. The van der Waals surface area contributed by atoms with Crippen molar-refractivity contribution in [1.29, 1.82) is 5.41 Å². The van der Waals surface area contributed by atoms with Crippen molar-refractivity contribution >= 4 is 74.0 Å². The van der Waals surface area contributed by atoms with E-state index in [0.29, 0.717) is 45.5 Å². The first kappa shape index (κ1) is 26.5. The highest BCUT2D eigenvalue weighted by Gasteiger charge is 2.36. The Balaban J connectivity index is 1.44. The molecule has 5 rings (SSSR count). The molecule has 0 aliphatic carbocycles. The minimum atomic E-state index is -0.503. The maximum Gasteiger partial charge on any atom is 0.283 e. The number of nitrogens with zero attached hydrogens (tertiary/aromatic N) is 3. The summed E-state index contributed by atoms with van der Waals surface area (Å²) in [5.41, 5.74) is 3.78. The fraction of sp³-hybridized carbons (Fsp3) is 0.143. The number of halogens is 2. The molecular weight excluding hydrogens is 635 g/mol. The number of thioether (sulfide) groups is 1. The van der Waals surface area contributed by atoms with Crippen LogP contribution >= 0.6 is 46.0 Å². The summed E-state index contributed by atoms with van der Waals surface area (Å²) in [6, 6.07) is 19.1. The molecule has 0 aromatic heterocycles. The number of rotatable bonds is 7. The predicted octanol–water partition coefficient (Wildman–Crippen LogP) is 6.90. The molecule has 0 atom stereocenters. The van der Waals surface area contributed by atoms with Gasteiger partial charge in [0.25, 0.3) is 5.91 Å². The summed E-state index contributed by atoms with van der Waals surface area (Å²) in [5.74, 6) is 0.641. The Labute approximate surface area is 243 Å². The van der Waals surface area contributed by atoms with Crippen molar-refractivity contribution in [2.24, 2.45) is 10.1 Å². The SMILES string of the molecule is CCOc1cc(C=C2C(=N)N3N=C(c4ccccc4Cl)SC3=NC2=O)cc(I)c1OCc1ccccc1C. The quantitative estimate of drug-likeness (QED) is 0.221. The van der Waals surface area contributed by atoms with Crippen molar-refractivity contribution in [2.45, 2.75) is 20.5 Å². The van der Waals surface area contributed by atoms with Crippen LogP contribution in [-0.2, 0) is 11.4 Å². The van der Waals surface area contributed by atoms with E-state index >= 15 is 0 Å². The van der Waals surface area contributed by atoms with Crippen molar-refractivity contribution in [3.05, 3.63) is 97.1 Å². The lowest BCUT2D eigenvalue weighted by Gasteiger charge is -2.20. The number of amides is 1. The minimum Gasteiger partial charge on any atom is -0.490 e. The summed E-state index contributed by atoms with van der Waals surface area (Å²) < 4.78 is 12.9. The third-order valence-electron chi connectivity index (χ3n) is 5.83. The summed E-state index contributed by atoms with van der Waals surface area (Å²) in [5, 5.41) is 16.1. The van der Waals surface area contributed by atoms with E-state index in [1.54, 1.807) is 12.1 Å². The Bertz CT molecular complexity index is 1550. The zero-order chi connectivity index (χ0) is 26.8. The second-order valence-corrected chi connectivity index (χ2v) is 10.9. The van der Waals surface area contributed by atoms with E-state index in [4.69, 9.17) is 26.5 Å². The monoisotopic (exact) mass is 656 g/mol. The average molecular weight is 657 g/mol. The highest BCUT2D eigenvalue weighted by molar-refractivity contribution is 14.1. The maximum absolute atomic E-state index is 12.9. The van der Waals surface area contributed by atoms with Crippen LogP contribution in [0, 0.1) is 15.9 Å². The Morgan fingerprint density at radius 2 is 1.89 bits per heavy atom. The number of benzene rings is 3. The molecule has 10 heteroatoms. The van der Waals surface area contributed by atoms with E-state index in [9.17, 15) is 4.79 Å². The van der Waals surface area contributed by atoms with Gasteiger partial charge in [0.15, 0.2) is 17.3 Å². The standard InChI is InChI=1S/C28H22ClIN4O3S/c1-3-36-23-14-17(13-22(30)24(23)37-15-18-9-5-4-8-16(18)2)12-20-25(31)34-28(32-26(20)35)38-27(33-34)19-10-6-7-11-21(19)29/h4-14,31H,3,15H2,1-2H3. The molecule has 2 aliphatic heterocycles. The number of nitrogens with one attached hydrogen (secondary N) is 1. The van der Waals surface area contributed by atoms with Crippen molar-refractivity contribution in [3.8, 4) is 11.5 Å². The number of ether oxygens (including phenoxy) is 2. The number of aliphatic imine (C=N–C) groups is 1. The number of hydrazone groups is 1. The molecule has 1 N–H and O–H groups in total. The molecule has 3 aromatic rings. The zero-order valence-electron chi connectivity index (χ0n) is 20.5. The number of hydrogen-bond acceptors (Lipinski definition) is 6. The molecule has 7 nitrogen and oxygen atoms in total. The predicted molar refractivity (Wildman–Crippen MR) is 161 cm³/mol. The number of hydrogen-bond donors (Lipinski definition) is 1. The van der Waals surface area contributed by atoms with Crippen molar-refractivity contribution in [1.82, 2.24) is 5.01 Å². The normalized spacial score (nSPS) is 15.9. The topological polar surface area (TPSA) is 87.3 Å². The van der Waals surface area contributed by atoms with Crippen LogP contribution < -0.4 is 9.47 Å². The van der Waals surface area contributed by atoms with E-state index in [-0.39, 0.29) is 11.4 Å². The number of carbonyl (C=O) groups excluding carboxylic acids is 1. The van der Waals surface area contributed by atoms with Gasteiger partial charge in [-0.25, -0.2) is 0 Å². The third-order valence-corrected chi connectivity index (χ3v) is 7.91. The molecular formula is C28H22ClIN4O3S. The molecule has 2 aliphatic rings. The van der Waals surface area contributed by atoms with Gasteiger partial charge in [0.2, 0.25) is 5.17 Å². The van der Waals surface area contributed by atoms with E-state index < -0.39 is 5.91 Å². The molecule has 0 unspecified atom stereocenters. The first-order valence-electron chi connectivity index (χ1n) is 11.7. The molecule has 0 radical (unpaired) electrons. The Morgan fingerprint density at radius 3 is 2.66 bits per heavy atom. The van der Waals surface area contributed by atoms with Gasteiger partial charge in [0, 0.05) is 5.56 Å². The van der Waals surface area contributed by atoms with Crippen LogP contribution in [0.3, 0.4) is 0 Å². The summed E-state index contributed by atoms with van der Waals surface area (Å²) in [4.78, 5) is 17.1. The lowest BCUT2D eigenvalue weighted by Crippen LogP contribution is -2.35. The summed E-state index contributed by atoms with van der Waals surface area (Å²) >= 11 is 9.73. The fourth-order valence-corrected chi connectivity index (χ4v) is 5.89. The van der Waals surface area contributed by atoms with E-state index in [2.05, 4.69) is 32.7 Å². The van der Waals surface area contributed by atoms with Crippen LogP contribution in [0.25, 0.3) is 6.08 Å². The van der Waals surface area contributed by atoms with Gasteiger partial charge in [0.05, 0.1) is 20.8 Å². The van der Waals surface area contributed by atoms with Crippen LogP contribution in [0.1, 0.15) is 29.2 Å². The molecule has 3 aromatic carbocycles. The third kappa shape index (κ3) is 5.36. The van der Waals surface area contributed by atoms with E-state index in [1.165, 1.54) is 16.8 Å². The maximum atomic E-state index is 12.9. The number of fused-ring (bicyclic) bond motifs is 1. The lowest BCUT2D eigenvalue weighted by atomic mass is 10.1. The van der Waals surface area contributed by atoms with Crippen LogP contribution in [0.15, 0.2) is 76.3 Å². The number of carbonyl (C=O) groups is 1. The van der Waals surface area contributed by atoms with Gasteiger partial charge in [-0.3, -0.25) is 10.2 Å². The van der Waals surface area contributed by atoms with Gasteiger partial charge < -0.3 is 9.47 Å². The largest absolute Gasteiger partial charge is 0.490 e. The molecule has 0 bridgehead atoms. The molecule has 192 valence electrons. The Morgan fingerprint density at radius 1 is 1.13 bits per heavy atom. The smallest absolute Gasteiger partial charge is 0.283 e. The van der Waals surface area contributed by atoms with Crippen LogP contribution in [0.4, 0.5) is 0 Å². The molecule has 0 fully saturated rings. The van der Waals surface area contributed by atoms with Crippen LogP contribution in [0.5, 0.6) is 11.5 Å². The lowest BCUT2D eigenvalue weighted by molar-refractivity contribution is -0.114. The first-order chi connectivity index (χ1) is 18.4.